The Balaban J connectivity index is 1.72. The first-order chi connectivity index (χ1) is 12.2. The number of benzene rings is 1. The number of anilines is 4. The number of nitrogens with zero attached hydrogens (tertiary/aromatic N) is 2. The second kappa shape index (κ2) is 7.83. The van der Waals surface area contributed by atoms with E-state index in [1.54, 1.807) is 24.3 Å². The van der Waals surface area contributed by atoms with Gasteiger partial charge < -0.3 is 21.1 Å². The monoisotopic (exact) mass is 341 g/mol. The summed E-state index contributed by atoms with van der Waals surface area (Å²) < 4.78 is 4.69. The van der Waals surface area contributed by atoms with Gasteiger partial charge in [0.25, 0.3) is 0 Å². The number of methoxy groups -OCH3 is 1. The number of nitrogen functional groups attached to an aromatic ring is 1. The molecule has 1 aromatic heterocycles. The quantitative estimate of drug-likeness (QED) is 0.717. The number of carbonyl (C=O) groups excluding carboxylic acids is 1. The molecule has 4 N–H and O–H groups in total. The molecule has 0 radical (unpaired) electrons. The number of nitrogens with two attached hydrogens (primary N) is 1. The smallest absolute Gasteiger partial charge is 0.337 e. The van der Waals surface area contributed by atoms with Gasteiger partial charge in [-0.25, -0.2) is 14.8 Å². The van der Waals surface area contributed by atoms with E-state index in [-0.39, 0.29) is 5.97 Å². The van der Waals surface area contributed by atoms with E-state index in [2.05, 4.69) is 20.6 Å². The summed E-state index contributed by atoms with van der Waals surface area (Å²) in [5, 5.41) is 6.60. The van der Waals surface area contributed by atoms with E-state index < -0.39 is 0 Å². The van der Waals surface area contributed by atoms with E-state index >= 15 is 0 Å². The van der Waals surface area contributed by atoms with Gasteiger partial charge in [0.2, 0.25) is 0 Å². The summed E-state index contributed by atoms with van der Waals surface area (Å²) in [6.45, 7) is 0. The molecule has 1 fully saturated rings. The molecule has 0 amide bonds. The van der Waals surface area contributed by atoms with Crippen molar-refractivity contribution < 1.29 is 9.53 Å². The first-order valence-corrected chi connectivity index (χ1v) is 8.50. The Morgan fingerprint density at radius 1 is 1.12 bits per heavy atom. The van der Waals surface area contributed by atoms with Gasteiger partial charge in [-0.3, -0.25) is 0 Å². The standard InChI is InChI=1S/C18H23N5O2/c1-25-18(24)12-7-9-14(10-8-12)23-17-15(19)16(20-11-21-17)22-13-5-3-2-4-6-13/h7-11,13H,2-6,19H2,1H3,(H2,20,21,22,23). The van der Waals surface area contributed by atoms with Crippen molar-refractivity contribution in [1.82, 2.24) is 9.97 Å². The molecular weight excluding hydrogens is 318 g/mol. The number of rotatable bonds is 5. The van der Waals surface area contributed by atoms with Crippen LogP contribution in [0.2, 0.25) is 0 Å². The largest absolute Gasteiger partial charge is 0.465 e. The number of aromatic nitrogens is 2. The van der Waals surface area contributed by atoms with Gasteiger partial charge in [0.1, 0.15) is 12.0 Å². The molecule has 1 heterocycles. The highest BCUT2D eigenvalue weighted by atomic mass is 16.5. The van der Waals surface area contributed by atoms with Gasteiger partial charge in [-0.1, -0.05) is 19.3 Å². The highest BCUT2D eigenvalue weighted by Crippen LogP contribution is 2.28. The maximum Gasteiger partial charge on any atom is 0.337 e. The number of hydrogen-bond donors (Lipinski definition) is 3. The lowest BCUT2D eigenvalue weighted by atomic mass is 9.95. The summed E-state index contributed by atoms with van der Waals surface area (Å²) in [6, 6.07) is 7.35. The molecule has 1 aliphatic rings. The molecule has 1 aromatic carbocycles. The summed E-state index contributed by atoms with van der Waals surface area (Å²) in [7, 11) is 1.36. The highest BCUT2D eigenvalue weighted by molar-refractivity contribution is 5.90. The van der Waals surface area contributed by atoms with Gasteiger partial charge in [0, 0.05) is 11.7 Å². The molecule has 0 aliphatic heterocycles. The van der Waals surface area contributed by atoms with Crippen LogP contribution in [-0.4, -0.2) is 29.1 Å². The third-order valence-corrected chi connectivity index (χ3v) is 4.40. The molecule has 1 aliphatic carbocycles. The highest BCUT2D eigenvalue weighted by Gasteiger charge is 2.16. The third kappa shape index (κ3) is 4.17. The molecule has 0 unspecified atom stereocenters. The van der Waals surface area contributed by atoms with Crippen LogP contribution in [0.15, 0.2) is 30.6 Å². The van der Waals surface area contributed by atoms with Crippen molar-refractivity contribution in [3.05, 3.63) is 36.2 Å². The topological polar surface area (TPSA) is 102 Å². The molecule has 7 nitrogen and oxygen atoms in total. The molecule has 3 rings (SSSR count). The normalized spacial score (nSPS) is 14.8. The summed E-state index contributed by atoms with van der Waals surface area (Å²) in [5.41, 5.74) is 7.98. The van der Waals surface area contributed by atoms with Gasteiger partial charge in [0.15, 0.2) is 11.6 Å². The van der Waals surface area contributed by atoms with Crippen molar-refractivity contribution in [3.8, 4) is 0 Å². The van der Waals surface area contributed by atoms with E-state index in [0.29, 0.717) is 28.9 Å². The Hall–Kier alpha value is -2.83. The molecule has 7 heteroatoms. The van der Waals surface area contributed by atoms with E-state index in [1.807, 2.05) is 0 Å². The van der Waals surface area contributed by atoms with E-state index in [4.69, 9.17) is 10.5 Å². The van der Waals surface area contributed by atoms with Gasteiger partial charge in [0.05, 0.1) is 12.7 Å². The summed E-state index contributed by atoms with van der Waals surface area (Å²) in [6.07, 6.45) is 7.54. The zero-order valence-electron chi connectivity index (χ0n) is 14.3. The summed E-state index contributed by atoms with van der Waals surface area (Å²) in [5.74, 6) is 0.835. The zero-order chi connectivity index (χ0) is 17.6. The molecule has 1 saturated carbocycles. The van der Waals surface area contributed by atoms with Crippen LogP contribution in [0.4, 0.5) is 23.0 Å². The second-order valence-electron chi connectivity index (χ2n) is 6.16. The predicted molar refractivity (Wildman–Crippen MR) is 98.0 cm³/mol. The molecule has 2 aromatic rings. The molecule has 0 atom stereocenters. The molecule has 0 saturated heterocycles. The Labute approximate surface area is 147 Å². The van der Waals surface area contributed by atoms with E-state index in [9.17, 15) is 4.79 Å². The lowest BCUT2D eigenvalue weighted by Crippen LogP contribution is -2.23. The second-order valence-corrected chi connectivity index (χ2v) is 6.16. The van der Waals surface area contributed by atoms with Crippen LogP contribution < -0.4 is 16.4 Å². The Kier molecular flexibility index (Phi) is 5.33. The average Bonchev–Trinajstić information content (AvgIpc) is 2.66. The van der Waals surface area contributed by atoms with Gasteiger partial charge in [-0.15, -0.1) is 0 Å². The van der Waals surface area contributed by atoms with Crippen molar-refractivity contribution in [1.29, 1.82) is 0 Å². The Morgan fingerprint density at radius 3 is 2.48 bits per heavy atom. The predicted octanol–water partition coefficient (Wildman–Crippen LogP) is 3.33. The van der Waals surface area contributed by atoms with Crippen molar-refractivity contribution in [3.63, 3.8) is 0 Å². The number of nitrogens with one attached hydrogen (secondary N) is 2. The van der Waals surface area contributed by atoms with Crippen LogP contribution >= 0.6 is 0 Å². The van der Waals surface area contributed by atoms with Crippen molar-refractivity contribution in [2.75, 3.05) is 23.5 Å². The van der Waals surface area contributed by atoms with E-state index in [0.717, 1.165) is 18.5 Å². The summed E-state index contributed by atoms with van der Waals surface area (Å²) >= 11 is 0. The maximum atomic E-state index is 11.5. The molecule has 0 spiro atoms. The lowest BCUT2D eigenvalue weighted by Gasteiger charge is -2.24. The fourth-order valence-electron chi connectivity index (χ4n) is 2.99. The number of ether oxygens (including phenoxy) is 1. The van der Waals surface area contributed by atoms with Crippen molar-refractivity contribution in [2.24, 2.45) is 0 Å². The van der Waals surface area contributed by atoms with Crippen LogP contribution in [0.3, 0.4) is 0 Å². The van der Waals surface area contributed by atoms with E-state index in [1.165, 1.54) is 32.7 Å². The minimum absolute atomic E-state index is 0.368. The number of esters is 1. The molecular formula is C18H23N5O2. The Morgan fingerprint density at radius 2 is 1.80 bits per heavy atom. The minimum atomic E-state index is -0.368. The van der Waals surface area contributed by atoms with Gasteiger partial charge in [-0.05, 0) is 37.1 Å². The SMILES string of the molecule is COC(=O)c1ccc(Nc2ncnc(NC3CCCCC3)c2N)cc1. The number of hydrogen-bond acceptors (Lipinski definition) is 7. The fraction of sp³-hybridized carbons (Fsp3) is 0.389. The minimum Gasteiger partial charge on any atom is -0.465 e. The first-order valence-electron chi connectivity index (χ1n) is 8.50. The van der Waals surface area contributed by atoms with Crippen molar-refractivity contribution >= 4 is 29.0 Å². The fourth-order valence-corrected chi connectivity index (χ4v) is 2.99. The number of carbonyl (C=O) groups is 1. The first kappa shape index (κ1) is 17.0. The van der Waals surface area contributed by atoms with Crippen LogP contribution in [0, 0.1) is 0 Å². The molecule has 25 heavy (non-hydrogen) atoms. The summed E-state index contributed by atoms with van der Waals surface area (Å²) in [4.78, 5) is 20.0. The van der Waals surface area contributed by atoms with Crippen molar-refractivity contribution in [2.45, 2.75) is 38.1 Å². The Bertz CT molecular complexity index is 727. The van der Waals surface area contributed by atoms with Crippen LogP contribution in [0.25, 0.3) is 0 Å². The van der Waals surface area contributed by atoms with Gasteiger partial charge in [-0.2, -0.15) is 0 Å². The van der Waals surface area contributed by atoms with Gasteiger partial charge >= 0.3 is 5.97 Å². The zero-order valence-corrected chi connectivity index (χ0v) is 14.3. The molecule has 0 bridgehead atoms. The maximum absolute atomic E-state index is 11.5. The van der Waals surface area contributed by atoms with Crippen LogP contribution in [0.1, 0.15) is 42.5 Å². The average molecular weight is 341 g/mol. The van der Waals surface area contributed by atoms with Crippen LogP contribution in [0.5, 0.6) is 0 Å². The lowest BCUT2D eigenvalue weighted by molar-refractivity contribution is 0.0601. The third-order valence-electron chi connectivity index (χ3n) is 4.40. The molecule has 132 valence electrons. The van der Waals surface area contributed by atoms with Crippen LogP contribution in [-0.2, 0) is 4.74 Å².